The third kappa shape index (κ3) is 2.97. The number of nitro groups is 1. The van der Waals surface area contributed by atoms with Crippen molar-refractivity contribution in [3.05, 3.63) is 97.3 Å². The van der Waals surface area contributed by atoms with Gasteiger partial charge in [-0.15, -0.1) is 16.1 Å². The van der Waals surface area contributed by atoms with Crippen molar-refractivity contribution in [3.8, 4) is 10.6 Å². The monoisotopic (exact) mass is 395 g/mol. The molecule has 0 aliphatic carbocycles. The van der Waals surface area contributed by atoms with Crippen LogP contribution in [0.1, 0.15) is 5.56 Å². The highest BCUT2D eigenvalue weighted by atomic mass is 32.1. The average Bonchev–Trinajstić information content (AvgIpc) is 3.22. The summed E-state index contributed by atoms with van der Waals surface area (Å²) >= 11 is 1.26. The van der Waals surface area contributed by atoms with Crippen molar-refractivity contribution >= 4 is 28.1 Å². The fourth-order valence-electron chi connectivity index (χ4n) is 2.91. The Morgan fingerprint density at radius 1 is 1.07 bits per heavy atom. The Hall–Kier alpha value is -3.72. The van der Waals surface area contributed by atoms with Crippen LogP contribution < -0.4 is 15.1 Å². The van der Waals surface area contributed by atoms with Crippen molar-refractivity contribution in [2.24, 2.45) is 0 Å². The molecule has 140 valence electrons. The Morgan fingerprint density at radius 2 is 1.82 bits per heavy atom. The summed E-state index contributed by atoms with van der Waals surface area (Å²) in [6, 6.07) is 16.1. The largest absolute Gasteiger partial charge is 0.618 e. The number of hydrogen-bond donors (Lipinski definition) is 0. The van der Waals surface area contributed by atoms with E-state index in [1.54, 1.807) is 60.0 Å². The highest BCUT2D eigenvalue weighted by Gasteiger charge is 2.24. The molecule has 0 aliphatic rings. The van der Waals surface area contributed by atoms with Gasteiger partial charge in [-0.3, -0.25) is 14.9 Å². The minimum Gasteiger partial charge on any atom is -0.618 e. The van der Waals surface area contributed by atoms with E-state index in [0.29, 0.717) is 15.2 Å². The Kier molecular flexibility index (Phi) is 4.50. The van der Waals surface area contributed by atoms with Gasteiger partial charge >= 0.3 is 11.3 Å². The second kappa shape index (κ2) is 7.12. The fraction of sp³-hybridized carbons (Fsp3) is 0.0526. The molecule has 0 atom stereocenters. The van der Waals surface area contributed by atoms with E-state index in [1.807, 2.05) is 0 Å². The van der Waals surface area contributed by atoms with Crippen LogP contribution in [0.25, 0.3) is 21.6 Å². The van der Waals surface area contributed by atoms with Crippen molar-refractivity contribution in [3.63, 3.8) is 0 Å². The van der Waals surface area contributed by atoms with Gasteiger partial charge in [0.1, 0.15) is 11.5 Å². The number of aromatic nitrogens is 2. The zero-order valence-corrected chi connectivity index (χ0v) is 15.2. The third-order valence-electron chi connectivity index (χ3n) is 4.20. The van der Waals surface area contributed by atoms with Crippen molar-refractivity contribution in [1.82, 2.24) is 4.73 Å². The highest BCUT2D eigenvalue weighted by Crippen LogP contribution is 2.21. The summed E-state index contributed by atoms with van der Waals surface area (Å²) in [5.74, 6) is 0. The first kappa shape index (κ1) is 17.7. The lowest BCUT2D eigenvalue weighted by Gasteiger charge is -2.13. The van der Waals surface area contributed by atoms with E-state index < -0.39 is 10.5 Å². The van der Waals surface area contributed by atoms with Crippen LogP contribution in [-0.2, 0) is 6.61 Å². The molecule has 0 bridgehead atoms. The third-order valence-corrected chi connectivity index (χ3v) is 5.08. The molecule has 0 N–H and O–H groups in total. The number of fused-ring (bicyclic) bond motifs is 1. The average molecular weight is 395 g/mol. The summed E-state index contributed by atoms with van der Waals surface area (Å²) in [5, 5.41) is 25.8. The molecule has 0 radical (unpaired) electrons. The second-order valence-electron chi connectivity index (χ2n) is 5.87. The minimum absolute atomic E-state index is 0.0590. The lowest BCUT2D eigenvalue weighted by molar-refractivity contribution is -0.566. The van der Waals surface area contributed by atoms with Crippen molar-refractivity contribution in [2.75, 3.05) is 0 Å². The van der Waals surface area contributed by atoms with E-state index in [4.69, 9.17) is 4.84 Å². The summed E-state index contributed by atoms with van der Waals surface area (Å²) in [5.41, 5.74) is 0.0635. The van der Waals surface area contributed by atoms with Crippen molar-refractivity contribution in [1.29, 1.82) is 0 Å². The number of rotatable bonds is 5. The van der Waals surface area contributed by atoms with Gasteiger partial charge in [-0.05, 0) is 23.6 Å². The smallest absolute Gasteiger partial charge is 0.358 e. The van der Waals surface area contributed by atoms with Crippen LogP contribution >= 0.6 is 11.3 Å². The van der Waals surface area contributed by atoms with Crippen LogP contribution in [0.2, 0.25) is 0 Å². The molecule has 0 saturated heterocycles. The predicted molar refractivity (Wildman–Crippen MR) is 104 cm³/mol. The summed E-state index contributed by atoms with van der Waals surface area (Å²) in [6.07, 6.45) is 0. The number of hydrogen-bond acceptors (Lipinski definition) is 6. The summed E-state index contributed by atoms with van der Waals surface area (Å²) < 4.78 is 1.61. The molecule has 9 heteroatoms. The maximum absolute atomic E-state index is 13.0. The van der Waals surface area contributed by atoms with Gasteiger partial charge in [-0.25, -0.2) is 0 Å². The van der Waals surface area contributed by atoms with Crippen LogP contribution in [0, 0.1) is 15.3 Å². The van der Waals surface area contributed by atoms with E-state index in [0.717, 1.165) is 4.73 Å². The molecule has 4 aromatic rings. The standard InChI is InChI=1S/C19H13N3O5S/c23-19-18(17-10-5-11-28-17)20(24)15-8-3-4-9-16(15)21(19)27-12-13-6-1-2-7-14(13)22(25)26/h1-11H,12H2. The molecule has 0 unspecified atom stereocenters. The molecule has 0 saturated carbocycles. The van der Waals surface area contributed by atoms with Gasteiger partial charge in [0, 0.05) is 12.1 Å². The molecule has 0 fully saturated rings. The molecule has 0 spiro atoms. The topological polar surface area (TPSA) is 101 Å². The quantitative estimate of drug-likeness (QED) is 0.224. The van der Waals surface area contributed by atoms with Gasteiger partial charge in [0.05, 0.1) is 10.5 Å². The fourth-order valence-corrected chi connectivity index (χ4v) is 3.66. The molecule has 28 heavy (non-hydrogen) atoms. The van der Waals surface area contributed by atoms with E-state index in [9.17, 15) is 20.1 Å². The van der Waals surface area contributed by atoms with Crippen molar-refractivity contribution in [2.45, 2.75) is 6.61 Å². The number of nitrogens with zero attached hydrogens (tertiary/aromatic N) is 3. The van der Waals surface area contributed by atoms with Gasteiger partial charge < -0.3 is 10.0 Å². The summed E-state index contributed by atoms with van der Waals surface area (Å²) in [7, 11) is 0. The van der Waals surface area contributed by atoms with Crippen LogP contribution in [0.4, 0.5) is 5.69 Å². The molecule has 2 aromatic heterocycles. The number of para-hydroxylation sites is 3. The Bertz CT molecular complexity index is 1230. The van der Waals surface area contributed by atoms with Gasteiger partial charge in [-0.2, -0.15) is 4.73 Å². The van der Waals surface area contributed by atoms with Crippen LogP contribution in [0.5, 0.6) is 0 Å². The number of thiophene rings is 1. The van der Waals surface area contributed by atoms with Crippen molar-refractivity contribution < 1.29 is 14.5 Å². The minimum atomic E-state index is -0.630. The summed E-state index contributed by atoms with van der Waals surface area (Å²) in [6.45, 7) is -0.201. The van der Waals surface area contributed by atoms with Gasteiger partial charge in [0.15, 0.2) is 5.52 Å². The number of nitro benzene ring substituents is 1. The summed E-state index contributed by atoms with van der Waals surface area (Å²) in [4.78, 5) is 29.9. The van der Waals surface area contributed by atoms with Gasteiger partial charge in [0.2, 0.25) is 5.52 Å². The zero-order chi connectivity index (χ0) is 19.7. The van der Waals surface area contributed by atoms with Crippen LogP contribution in [-0.4, -0.2) is 9.65 Å². The van der Waals surface area contributed by atoms with E-state index in [-0.39, 0.29) is 29.0 Å². The molecular formula is C19H13N3O5S. The molecule has 2 heterocycles. The lowest BCUT2D eigenvalue weighted by atomic mass is 10.2. The first-order valence-corrected chi connectivity index (χ1v) is 9.12. The van der Waals surface area contributed by atoms with Crippen LogP contribution in [0.3, 0.4) is 0 Å². The first-order chi connectivity index (χ1) is 13.6. The molecule has 4 rings (SSSR count). The first-order valence-electron chi connectivity index (χ1n) is 8.24. The normalized spacial score (nSPS) is 10.9. The molecule has 0 aliphatic heterocycles. The van der Waals surface area contributed by atoms with Gasteiger partial charge in [0.25, 0.3) is 5.69 Å². The molecule has 8 nitrogen and oxygen atoms in total. The zero-order valence-electron chi connectivity index (χ0n) is 14.3. The highest BCUT2D eigenvalue weighted by molar-refractivity contribution is 7.13. The molecular weight excluding hydrogens is 382 g/mol. The number of benzene rings is 2. The van der Waals surface area contributed by atoms with Gasteiger partial charge in [-0.1, -0.05) is 30.3 Å². The predicted octanol–water partition coefficient (Wildman–Crippen LogP) is 2.90. The maximum Gasteiger partial charge on any atom is 0.358 e. The maximum atomic E-state index is 13.0. The Morgan fingerprint density at radius 3 is 2.57 bits per heavy atom. The van der Waals surface area contributed by atoms with E-state index in [2.05, 4.69) is 0 Å². The van der Waals surface area contributed by atoms with Crippen LogP contribution in [0.15, 0.2) is 70.8 Å². The van der Waals surface area contributed by atoms with E-state index in [1.165, 1.54) is 17.4 Å². The Labute approximate surface area is 162 Å². The Balaban J connectivity index is 1.86. The SMILES string of the molecule is O=c1c(-c2cccs2)[n+]([O-])c2ccccc2n1OCc1ccccc1[N+](=O)[O-]. The molecule has 2 aromatic carbocycles. The lowest BCUT2D eigenvalue weighted by Crippen LogP contribution is -2.42. The molecule has 0 amide bonds. The van der Waals surface area contributed by atoms with E-state index >= 15 is 0 Å². The second-order valence-corrected chi connectivity index (χ2v) is 6.82.